The molecule has 1 heterocycles. The van der Waals surface area contributed by atoms with Crippen molar-refractivity contribution in [3.05, 3.63) is 18.3 Å². The van der Waals surface area contributed by atoms with Crippen molar-refractivity contribution in [2.24, 2.45) is 0 Å². The largest absolute Gasteiger partial charge is 0.483 e. The third-order valence-electron chi connectivity index (χ3n) is 1.50. The first-order valence-corrected chi connectivity index (χ1v) is 4.51. The predicted molar refractivity (Wildman–Crippen MR) is 47.3 cm³/mol. The van der Waals surface area contributed by atoms with E-state index in [0.717, 1.165) is 18.3 Å². The second kappa shape index (κ2) is 5.32. The van der Waals surface area contributed by atoms with Crippen molar-refractivity contribution in [1.82, 2.24) is 4.98 Å². The quantitative estimate of drug-likeness (QED) is 0.792. The summed E-state index contributed by atoms with van der Waals surface area (Å²) in [5, 5.41) is 0. The minimum atomic E-state index is -4.51. The van der Waals surface area contributed by atoms with Crippen molar-refractivity contribution in [2.75, 3.05) is 13.2 Å². The van der Waals surface area contributed by atoms with Crippen LogP contribution in [0.3, 0.4) is 0 Å². The van der Waals surface area contributed by atoms with Crippen molar-refractivity contribution in [1.29, 1.82) is 0 Å². The van der Waals surface area contributed by atoms with Crippen LogP contribution in [0.1, 0.15) is 0 Å². The summed E-state index contributed by atoms with van der Waals surface area (Å²) in [5.41, 5.74) is 0. The van der Waals surface area contributed by atoms with Gasteiger partial charge in [0.05, 0.1) is 6.20 Å². The lowest BCUT2D eigenvalue weighted by Crippen LogP contribution is -2.20. The Kier molecular flexibility index (Phi) is 4.25. The second-order valence-corrected chi connectivity index (χ2v) is 3.14. The third kappa shape index (κ3) is 6.16. The maximum absolute atomic E-state index is 11.8. The van der Waals surface area contributed by atoms with Crippen LogP contribution in [0.25, 0.3) is 0 Å². The molecule has 0 radical (unpaired) electrons. The normalized spacial score (nSPS) is 12.3. The van der Waals surface area contributed by atoms with E-state index >= 15 is 0 Å². The van der Waals surface area contributed by atoms with Gasteiger partial charge in [-0.25, -0.2) is 4.98 Å². The highest BCUT2D eigenvalue weighted by molar-refractivity contribution is 5.22. The monoisotopic (exact) mass is 275 g/mol. The van der Waals surface area contributed by atoms with Gasteiger partial charge in [-0.1, -0.05) is 0 Å². The van der Waals surface area contributed by atoms with E-state index in [9.17, 15) is 26.3 Å². The highest BCUT2D eigenvalue weighted by Gasteiger charge is 2.29. The minimum absolute atomic E-state index is 0.216. The Labute approximate surface area is 97.3 Å². The maximum Gasteiger partial charge on any atom is 0.422 e. The summed E-state index contributed by atoms with van der Waals surface area (Å²) in [6.45, 7) is -3.03. The van der Waals surface area contributed by atoms with E-state index in [1.54, 1.807) is 0 Å². The van der Waals surface area contributed by atoms with Crippen LogP contribution in [-0.4, -0.2) is 30.6 Å². The van der Waals surface area contributed by atoms with Gasteiger partial charge in [-0.3, -0.25) is 0 Å². The number of nitrogens with zero attached hydrogens (tertiary/aromatic N) is 1. The Balaban J connectivity index is 2.48. The number of pyridine rings is 1. The van der Waals surface area contributed by atoms with Gasteiger partial charge in [0.15, 0.2) is 13.2 Å². The number of alkyl halides is 6. The molecule has 1 aromatic heterocycles. The molecule has 0 saturated carbocycles. The zero-order valence-electron chi connectivity index (χ0n) is 8.68. The fourth-order valence-corrected chi connectivity index (χ4v) is 0.858. The first-order valence-electron chi connectivity index (χ1n) is 4.51. The van der Waals surface area contributed by atoms with Crippen molar-refractivity contribution in [3.63, 3.8) is 0 Å². The number of ether oxygens (including phenoxy) is 2. The van der Waals surface area contributed by atoms with Crippen LogP contribution in [0, 0.1) is 0 Å². The van der Waals surface area contributed by atoms with E-state index in [2.05, 4.69) is 14.5 Å². The molecule has 0 spiro atoms. The minimum Gasteiger partial charge on any atom is -0.483 e. The molecular weight excluding hydrogens is 268 g/mol. The van der Waals surface area contributed by atoms with Gasteiger partial charge in [-0.15, -0.1) is 0 Å². The number of hydrogen-bond donors (Lipinski definition) is 0. The van der Waals surface area contributed by atoms with E-state index in [-0.39, 0.29) is 11.6 Å². The summed E-state index contributed by atoms with van der Waals surface area (Å²) in [6.07, 6.45) is -8.16. The molecular formula is C9H7F6NO2. The molecule has 3 nitrogen and oxygen atoms in total. The van der Waals surface area contributed by atoms with Gasteiger partial charge in [0.1, 0.15) is 5.75 Å². The fourth-order valence-electron chi connectivity index (χ4n) is 0.858. The molecule has 1 rings (SSSR count). The number of hydrogen-bond acceptors (Lipinski definition) is 3. The molecule has 0 unspecified atom stereocenters. The average molecular weight is 275 g/mol. The maximum atomic E-state index is 11.8. The second-order valence-electron chi connectivity index (χ2n) is 3.14. The van der Waals surface area contributed by atoms with Crippen LogP contribution >= 0.6 is 0 Å². The van der Waals surface area contributed by atoms with Crippen LogP contribution in [0.5, 0.6) is 11.6 Å². The van der Waals surface area contributed by atoms with Crippen molar-refractivity contribution < 1.29 is 35.8 Å². The first-order chi connectivity index (χ1) is 8.16. The van der Waals surface area contributed by atoms with Crippen LogP contribution in [-0.2, 0) is 0 Å². The highest BCUT2D eigenvalue weighted by atomic mass is 19.4. The topological polar surface area (TPSA) is 31.4 Å². The lowest BCUT2D eigenvalue weighted by atomic mass is 10.4. The zero-order valence-corrected chi connectivity index (χ0v) is 8.68. The standard InChI is InChI=1S/C9H7F6NO2/c10-8(11,12)4-17-6-1-2-7(16-3-6)18-5-9(13,14)15/h1-3H,4-5H2. The van der Waals surface area contributed by atoms with Gasteiger partial charge in [0.25, 0.3) is 0 Å². The van der Waals surface area contributed by atoms with Crippen LogP contribution in [0.15, 0.2) is 18.3 Å². The Morgan fingerprint density at radius 2 is 1.44 bits per heavy atom. The van der Waals surface area contributed by atoms with E-state index in [0.29, 0.717) is 0 Å². The van der Waals surface area contributed by atoms with Crippen molar-refractivity contribution >= 4 is 0 Å². The van der Waals surface area contributed by atoms with Gasteiger partial charge in [-0.05, 0) is 6.07 Å². The van der Waals surface area contributed by atoms with E-state index in [1.807, 2.05) is 0 Å². The molecule has 0 saturated heterocycles. The SMILES string of the molecule is FC(F)(F)COc1ccc(OCC(F)(F)F)nc1. The highest BCUT2D eigenvalue weighted by Crippen LogP contribution is 2.20. The smallest absolute Gasteiger partial charge is 0.422 e. The molecule has 0 aliphatic heterocycles. The van der Waals surface area contributed by atoms with E-state index in [1.165, 1.54) is 0 Å². The molecule has 0 atom stereocenters. The molecule has 102 valence electrons. The summed E-state index contributed by atoms with van der Waals surface area (Å²) in [5.74, 6) is -0.571. The molecule has 0 bridgehead atoms. The summed E-state index contributed by atoms with van der Waals surface area (Å²) in [6, 6.07) is 2.02. The Morgan fingerprint density at radius 1 is 0.889 bits per heavy atom. The molecule has 0 aliphatic carbocycles. The van der Waals surface area contributed by atoms with Crippen molar-refractivity contribution in [3.8, 4) is 11.6 Å². The number of aromatic nitrogens is 1. The average Bonchev–Trinajstić information content (AvgIpc) is 2.23. The summed E-state index contributed by atoms with van der Waals surface area (Å²) in [7, 11) is 0. The number of rotatable bonds is 4. The molecule has 0 fully saturated rings. The van der Waals surface area contributed by atoms with E-state index in [4.69, 9.17) is 0 Å². The summed E-state index contributed by atoms with van der Waals surface area (Å²) < 4.78 is 79.2. The predicted octanol–water partition coefficient (Wildman–Crippen LogP) is 2.96. The van der Waals surface area contributed by atoms with Gasteiger partial charge >= 0.3 is 12.4 Å². The zero-order chi connectivity index (χ0) is 13.8. The third-order valence-corrected chi connectivity index (χ3v) is 1.50. The van der Waals surface area contributed by atoms with Crippen LogP contribution in [0.2, 0.25) is 0 Å². The van der Waals surface area contributed by atoms with Gasteiger partial charge in [-0.2, -0.15) is 26.3 Å². The molecule has 0 N–H and O–H groups in total. The molecule has 18 heavy (non-hydrogen) atoms. The Morgan fingerprint density at radius 3 is 1.89 bits per heavy atom. The molecule has 1 aromatic rings. The summed E-state index contributed by atoms with van der Waals surface area (Å²) >= 11 is 0. The Hall–Kier alpha value is -1.67. The van der Waals surface area contributed by atoms with Crippen LogP contribution < -0.4 is 9.47 Å². The van der Waals surface area contributed by atoms with Gasteiger partial charge in [0, 0.05) is 6.07 Å². The van der Waals surface area contributed by atoms with Crippen LogP contribution in [0.4, 0.5) is 26.3 Å². The molecule has 9 heteroatoms. The van der Waals surface area contributed by atoms with Gasteiger partial charge < -0.3 is 9.47 Å². The number of halogens is 6. The molecule has 0 aromatic carbocycles. The van der Waals surface area contributed by atoms with Crippen molar-refractivity contribution in [2.45, 2.75) is 12.4 Å². The lowest BCUT2D eigenvalue weighted by Gasteiger charge is -2.10. The first kappa shape index (κ1) is 14.4. The lowest BCUT2D eigenvalue weighted by molar-refractivity contribution is -0.155. The van der Waals surface area contributed by atoms with Gasteiger partial charge in [0.2, 0.25) is 5.88 Å². The molecule has 0 amide bonds. The molecule has 0 aliphatic rings. The fraction of sp³-hybridized carbons (Fsp3) is 0.444. The summed E-state index contributed by atoms with van der Waals surface area (Å²) in [4.78, 5) is 3.37. The Bertz CT molecular complexity index is 335. The van der Waals surface area contributed by atoms with E-state index < -0.39 is 25.6 Å².